The Morgan fingerprint density at radius 2 is 1.71 bits per heavy atom. The summed E-state index contributed by atoms with van der Waals surface area (Å²) in [5.41, 5.74) is 5.74. The number of aromatic hydroxyl groups is 2. The number of carbonyl (C=O) groups is 2. The maximum atomic E-state index is 12.0. The molecule has 3 rings (SSSR count). The lowest BCUT2D eigenvalue weighted by Crippen LogP contribution is -2.03. The quantitative estimate of drug-likeness (QED) is 0.167. The van der Waals surface area contributed by atoms with E-state index in [4.69, 9.17) is 5.73 Å². The van der Waals surface area contributed by atoms with Crippen molar-refractivity contribution in [2.45, 2.75) is 0 Å². The number of phenolic OH excluding ortho intramolecular Hbond substituents is 2. The fourth-order valence-electron chi connectivity index (χ4n) is 2.52. The van der Waals surface area contributed by atoms with Crippen LogP contribution >= 0.6 is 0 Å². The van der Waals surface area contributed by atoms with Gasteiger partial charge in [-0.05, 0) is 28.3 Å². The van der Waals surface area contributed by atoms with Crippen LogP contribution in [0.1, 0.15) is 10.4 Å². The summed E-state index contributed by atoms with van der Waals surface area (Å²) >= 11 is 0. The number of hydrogen-bond acceptors (Lipinski definition) is 5. The minimum Gasteiger partial charge on any atom is -0.504 e. The normalized spacial score (nSPS) is 10.9. The molecule has 0 amide bonds. The highest BCUT2D eigenvalue weighted by Crippen LogP contribution is 2.42. The Hall–Kier alpha value is -3.08. The lowest BCUT2D eigenvalue weighted by molar-refractivity contribution is -0.104. The number of rotatable bonds is 2. The Morgan fingerprint density at radius 3 is 2.43 bits per heavy atom. The van der Waals surface area contributed by atoms with Crippen LogP contribution in [0.15, 0.2) is 36.4 Å². The highest BCUT2D eigenvalue weighted by molar-refractivity contribution is 6.40. The second-order valence-electron chi connectivity index (χ2n) is 4.71. The molecule has 0 atom stereocenters. The van der Waals surface area contributed by atoms with E-state index in [0.29, 0.717) is 16.2 Å². The molecule has 0 spiro atoms. The van der Waals surface area contributed by atoms with Crippen LogP contribution < -0.4 is 5.73 Å². The molecule has 104 valence electrons. The summed E-state index contributed by atoms with van der Waals surface area (Å²) in [7, 11) is 0. The van der Waals surface area contributed by atoms with Crippen LogP contribution in [0.5, 0.6) is 11.5 Å². The molecule has 5 nitrogen and oxygen atoms in total. The minimum atomic E-state index is -0.707. The summed E-state index contributed by atoms with van der Waals surface area (Å²) in [6.07, 6.45) is 0.224. The average molecular weight is 281 g/mol. The van der Waals surface area contributed by atoms with E-state index >= 15 is 0 Å². The number of anilines is 1. The van der Waals surface area contributed by atoms with E-state index in [1.54, 1.807) is 30.3 Å². The Balaban J connectivity index is 2.63. The Kier molecular flexibility index (Phi) is 2.76. The van der Waals surface area contributed by atoms with Gasteiger partial charge in [-0.1, -0.05) is 24.3 Å². The zero-order valence-electron chi connectivity index (χ0n) is 10.8. The van der Waals surface area contributed by atoms with Gasteiger partial charge in [0.2, 0.25) is 5.78 Å². The predicted octanol–water partition coefficient (Wildman–Crippen LogP) is 2.37. The molecule has 21 heavy (non-hydrogen) atoms. The summed E-state index contributed by atoms with van der Waals surface area (Å²) in [5.74, 6) is -1.56. The number of phenols is 2. The highest BCUT2D eigenvalue weighted by Gasteiger charge is 2.19. The maximum absolute atomic E-state index is 12.0. The van der Waals surface area contributed by atoms with E-state index in [2.05, 4.69) is 0 Å². The molecule has 0 unspecified atom stereocenters. The molecule has 0 fully saturated rings. The van der Waals surface area contributed by atoms with Crippen molar-refractivity contribution < 1.29 is 19.8 Å². The highest BCUT2D eigenvalue weighted by atomic mass is 16.3. The number of aldehydes is 1. The third kappa shape index (κ3) is 1.79. The summed E-state index contributed by atoms with van der Waals surface area (Å²) < 4.78 is 0. The summed E-state index contributed by atoms with van der Waals surface area (Å²) in [4.78, 5) is 22.9. The first kappa shape index (κ1) is 12.9. The van der Waals surface area contributed by atoms with Crippen molar-refractivity contribution in [1.29, 1.82) is 0 Å². The van der Waals surface area contributed by atoms with Gasteiger partial charge in [0.15, 0.2) is 17.8 Å². The van der Waals surface area contributed by atoms with E-state index in [1.807, 2.05) is 0 Å². The molecule has 3 aromatic rings. The molecule has 0 heterocycles. The van der Waals surface area contributed by atoms with Crippen LogP contribution in [0.3, 0.4) is 0 Å². The number of nitrogens with two attached hydrogens (primary N) is 1. The molecule has 5 heteroatoms. The van der Waals surface area contributed by atoms with E-state index < -0.39 is 17.3 Å². The van der Waals surface area contributed by atoms with Gasteiger partial charge in [-0.25, -0.2) is 0 Å². The van der Waals surface area contributed by atoms with E-state index in [9.17, 15) is 19.8 Å². The van der Waals surface area contributed by atoms with Gasteiger partial charge in [0, 0.05) is 10.9 Å². The third-order valence-corrected chi connectivity index (χ3v) is 3.50. The van der Waals surface area contributed by atoms with Crippen molar-refractivity contribution in [3.63, 3.8) is 0 Å². The zero-order valence-corrected chi connectivity index (χ0v) is 10.8. The maximum Gasteiger partial charge on any atom is 0.226 e. The number of ketones is 1. The van der Waals surface area contributed by atoms with Gasteiger partial charge < -0.3 is 15.9 Å². The number of nitrogen functional groups attached to an aromatic ring is 1. The van der Waals surface area contributed by atoms with Crippen molar-refractivity contribution in [3.8, 4) is 11.5 Å². The van der Waals surface area contributed by atoms with Gasteiger partial charge in [0.25, 0.3) is 0 Å². The van der Waals surface area contributed by atoms with Gasteiger partial charge in [-0.3, -0.25) is 9.59 Å². The lowest BCUT2D eigenvalue weighted by Gasteiger charge is -2.12. The van der Waals surface area contributed by atoms with Gasteiger partial charge in [0.05, 0.1) is 5.69 Å². The van der Waals surface area contributed by atoms with Crippen LogP contribution in [0.4, 0.5) is 5.69 Å². The van der Waals surface area contributed by atoms with Gasteiger partial charge in [0.1, 0.15) is 0 Å². The van der Waals surface area contributed by atoms with E-state index in [1.165, 1.54) is 6.07 Å². The number of carbonyl (C=O) groups excluding carboxylic acids is 2. The zero-order chi connectivity index (χ0) is 15.1. The monoisotopic (exact) mass is 281 g/mol. The molecule has 0 saturated heterocycles. The van der Waals surface area contributed by atoms with Crippen LogP contribution in [0.2, 0.25) is 0 Å². The van der Waals surface area contributed by atoms with Crippen LogP contribution in [0, 0.1) is 0 Å². The largest absolute Gasteiger partial charge is 0.504 e. The topological polar surface area (TPSA) is 101 Å². The number of hydrogen-bond donors (Lipinski definition) is 3. The number of Topliss-reactive ketones (excluding diaryl/α,β-unsaturated/α-hetero) is 1. The van der Waals surface area contributed by atoms with E-state index in [0.717, 1.165) is 0 Å². The van der Waals surface area contributed by atoms with Crippen LogP contribution in [0.25, 0.3) is 21.5 Å². The van der Waals surface area contributed by atoms with Crippen LogP contribution in [-0.4, -0.2) is 22.3 Å². The second-order valence-corrected chi connectivity index (χ2v) is 4.71. The van der Waals surface area contributed by atoms with Crippen molar-refractivity contribution in [1.82, 2.24) is 0 Å². The SMILES string of the molecule is Nc1cc2c(C(=O)C=O)c3ccccc3cc2c(O)c1O. The smallest absolute Gasteiger partial charge is 0.226 e. The van der Waals surface area contributed by atoms with Crippen LogP contribution in [-0.2, 0) is 4.79 Å². The summed E-state index contributed by atoms with van der Waals surface area (Å²) in [5, 5.41) is 21.6. The standard InChI is InChI=1S/C16H11NO4/c17-12-6-10-11(15(20)16(12)21)5-8-3-1-2-4-9(8)14(10)13(19)7-18/h1-7,20-21H,17H2. The molecule has 3 aromatic carbocycles. The molecular weight excluding hydrogens is 270 g/mol. The van der Waals surface area contributed by atoms with Crippen molar-refractivity contribution in [3.05, 3.63) is 42.0 Å². The lowest BCUT2D eigenvalue weighted by atomic mass is 9.93. The number of fused-ring (bicyclic) bond motifs is 2. The summed E-state index contributed by atoms with van der Waals surface area (Å²) in [6.45, 7) is 0. The third-order valence-electron chi connectivity index (χ3n) is 3.50. The first-order valence-corrected chi connectivity index (χ1v) is 6.20. The Labute approximate surface area is 119 Å². The van der Waals surface area contributed by atoms with E-state index in [-0.39, 0.29) is 22.9 Å². The minimum absolute atomic E-state index is 0.0600. The molecule has 4 N–H and O–H groups in total. The predicted molar refractivity (Wildman–Crippen MR) is 79.6 cm³/mol. The Bertz CT molecular complexity index is 915. The number of benzene rings is 3. The first-order chi connectivity index (χ1) is 10.0. The fraction of sp³-hybridized carbons (Fsp3) is 0. The molecule has 0 aromatic heterocycles. The van der Waals surface area contributed by atoms with Crippen molar-refractivity contribution in [2.75, 3.05) is 5.73 Å². The average Bonchev–Trinajstić information content (AvgIpc) is 2.50. The van der Waals surface area contributed by atoms with Gasteiger partial charge >= 0.3 is 0 Å². The van der Waals surface area contributed by atoms with Gasteiger partial charge in [-0.2, -0.15) is 0 Å². The van der Waals surface area contributed by atoms with Gasteiger partial charge in [-0.15, -0.1) is 0 Å². The second kappa shape index (κ2) is 4.49. The van der Waals surface area contributed by atoms with Crippen molar-refractivity contribution in [2.24, 2.45) is 0 Å². The fourth-order valence-corrected chi connectivity index (χ4v) is 2.52. The summed E-state index contributed by atoms with van der Waals surface area (Å²) in [6, 6.07) is 10.0. The molecular formula is C16H11NO4. The molecule has 0 radical (unpaired) electrons. The van der Waals surface area contributed by atoms with Crippen molar-refractivity contribution >= 4 is 39.3 Å². The molecule has 0 aliphatic rings. The molecule has 0 saturated carbocycles. The first-order valence-electron chi connectivity index (χ1n) is 6.20. The Morgan fingerprint density at radius 1 is 1.00 bits per heavy atom. The molecule has 0 bridgehead atoms. The molecule has 0 aliphatic heterocycles. The molecule has 0 aliphatic carbocycles.